The molecule has 5 nitrogen and oxygen atoms in total. The number of fused-ring (bicyclic) bond motifs is 2. The third-order valence-corrected chi connectivity index (χ3v) is 4.92. The number of ether oxygens (including phenoxy) is 2. The fourth-order valence-electron chi connectivity index (χ4n) is 3.41. The van der Waals surface area contributed by atoms with Crippen molar-refractivity contribution >= 4 is 33.4 Å². The van der Waals surface area contributed by atoms with Crippen molar-refractivity contribution in [3.8, 4) is 5.75 Å². The van der Waals surface area contributed by atoms with E-state index in [1.54, 1.807) is 12.3 Å². The molecule has 1 N–H and O–H groups in total. The molecule has 0 amide bonds. The summed E-state index contributed by atoms with van der Waals surface area (Å²) in [7, 11) is 0. The summed E-state index contributed by atoms with van der Waals surface area (Å²) in [5.74, 6) is -0.250. The summed E-state index contributed by atoms with van der Waals surface area (Å²) >= 11 is 0. The van der Waals surface area contributed by atoms with Gasteiger partial charge in [-0.1, -0.05) is 55.5 Å². The Morgan fingerprint density at radius 3 is 2.59 bits per heavy atom. The van der Waals surface area contributed by atoms with Gasteiger partial charge in [0.2, 0.25) is 5.78 Å². The minimum atomic E-state index is -0.583. The number of para-hydroxylation sites is 1. The maximum atomic E-state index is 12.5. The van der Waals surface area contributed by atoms with Gasteiger partial charge in [-0.15, -0.1) is 0 Å². The van der Waals surface area contributed by atoms with Crippen LogP contribution in [0.25, 0.3) is 21.7 Å². The Morgan fingerprint density at radius 2 is 1.76 bits per heavy atom. The zero-order chi connectivity index (χ0) is 20.2. The highest BCUT2D eigenvalue weighted by Crippen LogP contribution is 2.23. The van der Waals surface area contributed by atoms with Gasteiger partial charge in [0, 0.05) is 22.7 Å². The zero-order valence-electron chi connectivity index (χ0n) is 16.1. The Hall–Kier alpha value is -3.60. The normalized spacial score (nSPS) is 10.9. The van der Waals surface area contributed by atoms with Crippen molar-refractivity contribution in [2.45, 2.75) is 13.3 Å². The number of nitrogens with one attached hydrogen (secondary N) is 1. The fourth-order valence-corrected chi connectivity index (χ4v) is 3.41. The minimum Gasteiger partial charge on any atom is -0.482 e. The molecule has 3 aromatic carbocycles. The molecule has 0 aliphatic rings. The third kappa shape index (κ3) is 3.99. The summed E-state index contributed by atoms with van der Waals surface area (Å²) in [5.41, 5.74) is 2.62. The van der Waals surface area contributed by atoms with Crippen LogP contribution in [0.5, 0.6) is 5.75 Å². The van der Waals surface area contributed by atoms with Gasteiger partial charge in [0.25, 0.3) is 0 Å². The molecule has 0 aliphatic heterocycles. The summed E-state index contributed by atoms with van der Waals surface area (Å²) in [6, 6.07) is 19.3. The van der Waals surface area contributed by atoms with E-state index in [1.807, 2.05) is 54.6 Å². The number of rotatable bonds is 7. The molecule has 0 saturated heterocycles. The van der Waals surface area contributed by atoms with Crippen molar-refractivity contribution in [2.75, 3.05) is 13.2 Å². The Bertz CT molecular complexity index is 1190. The van der Waals surface area contributed by atoms with Gasteiger partial charge in [-0.05, 0) is 34.9 Å². The number of aryl methyl sites for hydroxylation is 1. The summed E-state index contributed by atoms with van der Waals surface area (Å²) in [4.78, 5) is 27.7. The number of carbonyl (C=O) groups excluding carboxylic acids is 2. The second kappa shape index (κ2) is 8.19. The minimum absolute atomic E-state index is 0.247. The van der Waals surface area contributed by atoms with Gasteiger partial charge in [-0.25, -0.2) is 4.79 Å². The Kier molecular flexibility index (Phi) is 5.29. The topological polar surface area (TPSA) is 68.4 Å². The SMILES string of the molecule is CCc1cccc2c(C(=O)COC(=O)COc3ccc4ccccc4c3)c[nH]c12. The molecule has 0 radical (unpaired) electrons. The van der Waals surface area contributed by atoms with E-state index in [0.717, 1.165) is 33.7 Å². The first-order valence-electron chi connectivity index (χ1n) is 9.55. The first-order chi connectivity index (χ1) is 14.2. The zero-order valence-corrected chi connectivity index (χ0v) is 16.1. The quantitative estimate of drug-likeness (QED) is 0.369. The number of hydrogen-bond acceptors (Lipinski definition) is 4. The summed E-state index contributed by atoms with van der Waals surface area (Å²) in [5, 5.41) is 2.97. The van der Waals surface area contributed by atoms with E-state index in [1.165, 1.54) is 0 Å². The van der Waals surface area contributed by atoms with E-state index in [0.29, 0.717) is 11.3 Å². The lowest BCUT2D eigenvalue weighted by molar-refractivity contribution is -0.144. The van der Waals surface area contributed by atoms with E-state index >= 15 is 0 Å². The molecule has 4 aromatic rings. The summed E-state index contributed by atoms with van der Waals surface area (Å²) in [6.07, 6.45) is 2.54. The van der Waals surface area contributed by atoms with Crippen LogP contribution < -0.4 is 4.74 Å². The van der Waals surface area contributed by atoms with Gasteiger partial charge in [0.1, 0.15) is 5.75 Å². The van der Waals surface area contributed by atoms with Crippen LogP contribution in [0.4, 0.5) is 0 Å². The second-order valence-corrected chi connectivity index (χ2v) is 6.78. The lowest BCUT2D eigenvalue weighted by atomic mass is 10.1. The van der Waals surface area contributed by atoms with E-state index < -0.39 is 5.97 Å². The van der Waals surface area contributed by atoms with Crippen molar-refractivity contribution in [3.05, 3.63) is 78.0 Å². The largest absolute Gasteiger partial charge is 0.482 e. The van der Waals surface area contributed by atoms with Crippen molar-refractivity contribution in [1.29, 1.82) is 0 Å². The molecule has 5 heteroatoms. The number of H-pyrrole nitrogens is 1. The molecule has 0 bridgehead atoms. The molecule has 0 atom stereocenters. The van der Waals surface area contributed by atoms with Gasteiger partial charge in [0.15, 0.2) is 13.2 Å². The van der Waals surface area contributed by atoms with E-state index in [4.69, 9.17) is 9.47 Å². The molecule has 4 rings (SSSR count). The number of esters is 1. The highest BCUT2D eigenvalue weighted by Gasteiger charge is 2.16. The summed E-state index contributed by atoms with van der Waals surface area (Å²) < 4.78 is 10.6. The number of hydrogen-bond donors (Lipinski definition) is 1. The van der Waals surface area contributed by atoms with E-state index in [-0.39, 0.29) is 19.0 Å². The first-order valence-corrected chi connectivity index (χ1v) is 9.55. The molecule has 0 spiro atoms. The van der Waals surface area contributed by atoms with Crippen molar-refractivity contribution in [2.24, 2.45) is 0 Å². The van der Waals surface area contributed by atoms with Crippen molar-refractivity contribution < 1.29 is 19.1 Å². The molecule has 0 saturated carbocycles. The maximum absolute atomic E-state index is 12.5. The number of Topliss-reactive ketones (excluding diaryl/α,β-unsaturated/α-hetero) is 1. The third-order valence-electron chi connectivity index (χ3n) is 4.92. The molecule has 1 heterocycles. The lowest BCUT2D eigenvalue weighted by Gasteiger charge is -2.08. The predicted octanol–water partition coefficient (Wildman–Crippen LogP) is 4.69. The van der Waals surface area contributed by atoms with Crippen LogP contribution >= 0.6 is 0 Å². The average molecular weight is 387 g/mol. The monoisotopic (exact) mass is 387 g/mol. The second-order valence-electron chi connectivity index (χ2n) is 6.78. The number of aromatic nitrogens is 1. The number of ketones is 1. The van der Waals surface area contributed by atoms with Crippen LogP contribution in [0.2, 0.25) is 0 Å². The van der Waals surface area contributed by atoms with E-state index in [9.17, 15) is 9.59 Å². The van der Waals surface area contributed by atoms with Crippen LogP contribution in [-0.2, 0) is 16.0 Å². The fraction of sp³-hybridized carbons (Fsp3) is 0.167. The van der Waals surface area contributed by atoms with Crippen molar-refractivity contribution in [3.63, 3.8) is 0 Å². The van der Waals surface area contributed by atoms with Crippen LogP contribution in [0, 0.1) is 0 Å². The van der Waals surface area contributed by atoms with Crippen LogP contribution in [-0.4, -0.2) is 30.0 Å². The highest BCUT2D eigenvalue weighted by molar-refractivity contribution is 6.09. The predicted molar refractivity (Wildman–Crippen MR) is 112 cm³/mol. The summed E-state index contributed by atoms with van der Waals surface area (Å²) in [6.45, 7) is 1.50. The van der Waals surface area contributed by atoms with Crippen LogP contribution in [0.1, 0.15) is 22.8 Å². The van der Waals surface area contributed by atoms with Crippen molar-refractivity contribution in [1.82, 2.24) is 4.98 Å². The highest BCUT2D eigenvalue weighted by atomic mass is 16.6. The Labute approximate surface area is 168 Å². The molecule has 146 valence electrons. The average Bonchev–Trinajstić information content (AvgIpc) is 3.20. The lowest BCUT2D eigenvalue weighted by Crippen LogP contribution is -2.19. The molecule has 1 aromatic heterocycles. The Balaban J connectivity index is 1.35. The van der Waals surface area contributed by atoms with Crippen LogP contribution in [0.3, 0.4) is 0 Å². The molecular formula is C24H21NO4. The molecular weight excluding hydrogens is 366 g/mol. The number of aromatic amines is 1. The van der Waals surface area contributed by atoms with Gasteiger partial charge in [0.05, 0.1) is 0 Å². The first kappa shape index (κ1) is 18.7. The molecule has 0 fully saturated rings. The standard InChI is InChI=1S/C24H21NO4/c1-2-16-8-5-9-20-21(13-25-24(16)20)22(26)14-29-23(27)15-28-19-11-10-17-6-3-4-7-18(17)12-19/h3-13,25H,2,14-15H2,1H3. The Morgan fingerprint density at radius 1 is 0.931 bits per heavy atom. The molecule has 29 heavy (non-hydrogen) atoms. The smallest absolute Gasteiger partial charge is 0.344 e. The van der Waals surface area contributed by atoms with Gasteiger partial charge < -0.3 is 14.5 Å². The molecule has 0 unspecified atom stereocenters. The van der Waals surface area contributed by atoms with Gasteiger partial charge >= 0.3 is 5.97 Å². The molecule has 0 aliphatic carbocycles. The van der Waals surface area contributed by atoms with Gasteiger partial charge in [-0.3, -0.25) is 4.79 Å². The van der Waals surface area contributed by atoms with E-state index in [2.05, 4.69) is 11.9 Å². The maximum Gasteiger partial charge on any atom is 0.344 e. The number of carbonyl (C=O) groups is 2. The van der Waals surface area contributed by atoms with Gasteiger partial charge in [-0.2, -0.15) is 0 Å². The van der Waals surface area contributed by atoms with Crippen LogP contribution in [0.15, 0.2) is 66.9 Å². The number of benzene rings is 3.